The molecule has 2 aromatic carbocycles. The Morgan fingerprint density at radius 3 is 2.27 bits per heavy atom. The van der Waals surface area contributed by atoms with Crippen molar-refractivity contribution < 1.29 is 5.11 Å². The molecule has 2 heteroatoms. The van der Waals surface area contributed by atoms with Gasteiger partial charge in [-0.1, -0.05) is 73.0 Å². The zero-order valence-corrected chi connectivity index (χ0v) is 15.2. The molecular weight excluding hydrogens is 318 g/mol. The molecule has 132 valence electrons. The summed E-state index contributed by atoms with van der Waals surface area (Å²) in [6.07, 6.45) is 9.27. The van der Waals surface area contributed by atoms with Crippen LogP contribution in [0.5, 0.6) is 0 Å². The minimum absolute atomic E-state index is 0.0811. The van der Waals surface area contributed by atoms with E-state index >= 15 is 0 Å². The molecule has 26 heavy (non-hydrogen) atoms. The maximum atomic E-state index is 11.5. The van der Waals surface area contributed by atoms with Crippen LogP contribution in [0, 0.1) is 29.6 Å². The summed E-state index contributed by atoms with van der Waals surface area (Å²) in [5, 5.41) is 11.5. The van der Waals surface area contributed by atoms with E-state index in [2.05, 4.69) is 78.5 Å². The van der Waals surface area contributed by atoms with Gasteiger partial charge in [0.25, 0.3) is 0 Å². The summed E-state index contributed by atoms with van der Waals surface area (Å²) in [5.74, 6) is 3.13. The number of terminal acetylenes is 1. The molecule has 6 atom stereocenters. The Hall–Kier alpha value is -2.08. The van der Waals surface area contributed by atoms with Crippen molar-refractivity contribution in [1.29, 1.82) is 0 Å². The number of benzene rings is 2. The molecule has 0 bridgehead atoms. The topological polar surface area (TPSA) is 23.5 Å². The molecule has 3 fully saturated rings. The predicted octanol–water partition coefficient (Wildman–Crippen LogP) is 4.20. The van der Waals surface area contributed by atoms with E-state index in [1.165, 1.54) is 11.1 Å². The Labute approximate surface area is 155 Å². The maximum absolute atomic E-state index is 11.5. The van der Waals surface area contributed by atoms with E-state index in [4.69, 9.17) is 6.42 Å². The summed E-state index contributed by atoms with van der Waals surface area (Å²) in [5.41, 5.74) is 1.70. The van der Waals surface area contributed by atoms with Crippen LogP contribution in [0.4, 0.5) is 0 Å². The second kappa shape index (κ2) is 5.46. The fourth-order valence-electron chi connectivity index (χ4n) is 6.84. The van der Waals surface area contributed by atoms with Crippen molar-refractivity contribution in [3.63, 3.8) is 0 Å². The molecule has 1 aliphatic heterocycles. The molecule has 1 spiro atoms. The van der Waals surface area contributed by atoms with E-state index in [0.717, 1.165) is 19.3 Å². The van der Waals surface area contributed by atoms with Gasteiger partial charge in [0.05, 0.1) is 0 Å². The predicted molar refractivity (Wildman–Crippen MR) is 103 cm³/mol. The zero-order chi connectivity index (χ0) is 17.9. The van der Waals surface area contributed by atoms with E-state index in [1.807, 2.05) is 0 Å². The standard InChI is InChI=1S/C24H25NO/c1-3-24(26)19-15-10-16-23(19)21(24)20(17-11-6-4-7-12-17)25(2)22(23)18-13-8-5-9-14-18/h1,4-9,11-14,19-22,26H,10,15-16H2,2H3/t19-,20-,21+,22-,23+,24+/m0/s1. The minimum Gasteiger partial charge on any atom is -0.377 e. The van der Waals surface area contributed by atoms with Crippen LogP contribution < -0.4 is 0 Å². The van der Waals surface area contributed by atoms with Gasteiger partial charge in [-0.2, -0.15) is 0 Å². The lowest BCUT2D eigenvalue weighted by Gasteiger charge is -2.61. The first-order chi connectivity index (χ1) is 12.6. The molecule has 0 unspecified atom stereocenters. The van der Waals surface area contributed by atoms with Crippen LogP contribution in [-0.4, -0.2) is 22.7 Å². The van der Waals surface area contributed by atoms with Crippen molar-refractivity contribution in [3.8, 4) is 12.3 Å². The summed E-state index contributed by atoms with van der Waals surface area (Å²) in [6.45, 7) is 0. The highest BCUT2D eigenvalue weighted by Gasteiger charge is 2.79. The summed E-state index contributed by atoms with van der Waals surface area (Å²) in [7, 11) is 2.22. The molecule has 3 aliphatic rings. The van der Waals surface area contributed by atoms with Crippen LogP contribution in [0.1, 0.15) is 42.5 Å². The normalized spacial score (nSPS) is 41.1. The van der Waals surface area contributed by atoms with Crippen LogP contribution in [0.15, 0.2) is 60.7 Å². The molecule has 2 nitrogen and oxygen atoms in total. The Morgan fingerprint density at radius 2 is 1.65 bits per heavy atom. The van der Waals surface area contributed by atoms with E-state index in [1.54, 1.807) is 0 Å². The SMILES string of the molecule is C#C[C@@]1(O)[C@H]2CCC[C@@]23[C@H](c2ccccc2)N(C)[C@@H](c2ccccc2)[C@@H]13. The Balaban J connectivity index is 1.71. The highest BCUT2D eigenvalue weighted by Crippen LogP contribution is 2.79. The van der Waals surface area contributed by atoms with Crippen molar-refractivity contribution in [3.05, 3.63) is 71.8 Å². The number of aliphatic hydroxyl groups is 1. The molecule has 0 aromatic heterocycles. The van der Waals surface area contributed by atoms with E-state index < -0.39 is 5.60 Å². The first-order valence-corrected chi connectivity index (χ1v) is 9.66. The van der Waals surface area contributed by atoms with Gasteiger partial charge >= 0.3 is 0 Å². The molecule has 5 rings (SSSR count). The number of rotatable bonds is 2. The molecule has 1 heterocycles. The molecule has 1 N–H and O–H groups in total. The van der Waals surface area contributed by atoms with E-state index in [9.17, 15) is 5.11 Å². The molecule has 1 saturated heterocycles. The van der Waals surface area contributed by atoms with Crippen LogP contribution in [0.2, 0.25) is 0 Å². The fourth-order valence-corrected chi connectivity index (χ4v) is 6.84. The lowest BCUT2D eigenvalue weighted by Crippen LogP contribution is -2.66. The van der Waals surface area contributed by atoms with Crippen LogP contribution in [0.25, 0.3) is 0 Å². The van der Waals surface area contributed by atoms with Crippen LogP contribution in [-0.2, 0) is 0 Å². The van der Waals surface area contributed by atoms with Gasteiger partial charge < -0.3 is 5.11 Å². The highest BCUT2D eigenvalue weighted by atomic mass is 16.3. The summed E-state index contributed by atoms with van der Waals surface area (Å²) in [6, 6.07) is 21.9. The number of likely N-dealkylation sites (tertiary alicyclic amines) is 1. The largest absolute Gasteiger partial charge is 0.377 e. The second-order valence-corrected chi connectivity index (χ2v) is 8.34. The van der Waals surface area contributed by atoms with Gasteiger partial charge in [0.15, 0.2) is 0 Å². The summed E-state index contributed by atoms with van der Waals surface area (Å²) >= 11 is 0. The number of nitrogens with zero attached hydrogens (tertiary/aromatic N) is 1. The lowest BCUT2D eigenvalue weighted by atomic mass is 9.43. The fraction of sp³-hybridized carbons (Fsp3) is 0.417. The molecule has 2 saturated carbocycles. The van der Waals surface area contributed by atoms with E-state index in [0.29, 0.717) is 6.04 Å². The van der Waals surface area contributed by atoms with Gasteiger partial charge in [0.2, 0.25) is 0 Å². The quantitative estimate of drug-likeness (QED) is 0.826. The third-order valence-corrected chi connectivity index (χ3v) is 7.49. The van der Waals surface area contributed by atoms with Gasteiger partial charge in [-0.3, -0.25) is 4.90 Å². The van der Waals surface area contributed by atoms with Gasteiger partial charge in [-0.05, 0) is 31.0 Å². The van der Waals surface area contributed by atoms with Crippen molar-refractivity contribution in [2.45, 2.75) is 36.9 Å². The average molecular weight is 343 g/mol. The third-order valence-electron chi connectivity index (χ3n) is 7.49. The molecule has 0 radical (unpaired) electrons. The summed E-state index contributed by atoms with van der Waals surface area (Å²) < 4.78 is 0. The lowest BCUT2D eigenvalue weighted by molar-refractivity contribution is -0.199. The highest BCUT2D eigenvalue weighted by molar-refractivity contribution is 5.42. The van der Waals surface area contributed by atoms with Gasteiger partial charge in [-0.15, -0.1) is 6.42 Å². The van der Waals surface area contributed by atoms with Gasteiger partial charge in [0, 0.05) is 29.3 Å². The zero-order valence-electron chi connectivity index (χ0n) is 15.2. The number of hydrogen-bond donors (Lipinski definition) is 1. The second-order valence-electron chi connectivity index (χ2n) is 8.34. The smallest absolute Gasteiger partial charge is 0.133 e. The van der Waals surface area contributed by atoms with Gasteiger partial charge in [0.1, 0.15) is 5.60 Å². The van der Waals surface area contributed by atoms with Crippen molar-refractivity contribution in [2.75, 3.05) is 7.05 Å². The van der Waals surface area contributed by atoms with Crippen molar-refractivity contribution in [1.82, 2.24) is 4.90 Å². The van der Waals surface area contributed by atoms with E-state index in [-0.39, 0.29) is 23.3 Å². The Kier molecular flexibility index (Phi) is 3.38. The Bertz CT molecular complexity index is 857. The average Bonchev–Trinajstić information content (AvgIpc) is 3.19. The van der Waals surface area contributed by atoms with Crippen molar-refractivity contribution in [2.24, 2.45) is 17.3 Å². The monoisotopic (exact) mass is 343 g/mol. The third kappa shape index (κ3) is 1.76. The molecular formula is C24H25NO. The Morgan fingerprint density at radius 1 is 1.04 bits per heavy atom. The van der Waals surface area contributed by atoms with Crippen LogP contribution >= 0.6 is 0 Å². The van der Waals surface area contributed by atoms with Crippen molar-refractivity contribution >= 4 is 0 Å². The molecule has 0 amide bonds. The number of hydrogen-bond acceptors (Lipinski definition) is 2. The maximum Gasteiger partial charge on any atom is 0.133 e. The molecule has 2 aromatic rings. The summed E-state index contributed by atoms with van der Waals surface area (Å²) in [4.78, 5) is 2.49. The van der Waals surface area contributed by atoms with Crippen LogP contribution in [0.3, 0.4) is 0 Å². The minimum atomic E-state index is -0.991. The first kappa shape index (κ1) is 16.1. The molecule has 2 aliphatic carbocycles. The first-order valence-electron chi connectivity index (χ1n) is 9.66. The van der Waals surface area contributed by atoms with Gasteiger partial charge in [-0.25, -0.2) is 0 Å².